The molecule has 4 heteroatoms. The molecule has 1 aliphatic rings. The molecule has 1 saturated carbocycles. The highest BCUT2D eigenvalue weighted by molar-refractivity contribution is 5.02. The Labute approximate surface area is 105 Å². The average molecular weight is 245 g/mol. The number of hydrogen-bond donors (Lipinski definition) is 2. The molecule has 3 unspecified atom stereocenters. The minimum absolute atomic E-state index is 0.146. The van der Waals surface area contributed by atoms with Crippen LogP contribution in [0.25, 0.3) is 0 Å². The van der Waals surface area contributed by atoms with Crippen LogP contribution >= 0.6 is 0 Å². The number of ether oxygens (including phenoxy) is 2. The number of hydrogen-bond acceptors (Lipinski definition) is 4. The summed E-state index contributed by atoms with van der Waals surface area (Å²) in [7, 11) is 1.76. The predicted molar refractivity (Wildman–Crippen MR) is 68.1 cm³/mol. The van der Waals surface area contributed by atoms with Crippen molar-refractivity contribution in [1.82, 2.24) is 5.32 Å². The lowest BCUT2D eigenvalue weighted by molar-refractivity contribution is -0.101. The van der Waals surface area contributed by atoms with Gasteiger partial charge in [0, 0.05) is 25.1 Å². The van der Waals surface area contributed by atoms with Gasteiger partial charge in [-0.15, -0.1) is 0 Å². The van der Waals surface area contributed by atoms with Crippen LogP contribution in [0.1, 0.15) is 34.1 Å². The molecule has 0 bridgehead atoms. The van der Waals surface area contributed by atoms with Gasteiger partial charge in [0.25, 0.3) is 0 Å². The molecular weight excluding hydrogens is 218 g/mol. The van der Waals surface area contributed by atoms with Gasteiger partial charge in [-0.05, 0) is 20.3 Å². The zero-order valence-electron chi connectivity index (χ0n) is 11.7. The molecule has 1 rings (SSSR count). The van der Waals surface area contributed by atoms with Gasteiger partial charge in [-0.2, -0.15) is 0 Å². The summed E-state index contributed by atoms with van der Waals surface area (Å²) in [5.41, 5.74) is 0.146. The standard InChI is InChI=1S/C13H27NO3/c1-9(2)17-8-10(15)7-14-11-6-12(16-5)13(11,3)4/h9-12,14-15H,6-8H2,1-5H3. The van der Waals surface area contributed by atoms with E-state index in [1.807, 2.05) is 13.8 Å². The summed E-state index contributed by atoms with van der Waals surface area (Å²) in [5, 5.41) is 13.1. The van der Waals surface area contributed by atoms with Crippen LogP contribution in [0.3, 0.4) is 0 Å². The lowest BCUT2D eigenvalue weighted by Gasteiger charge is -2.51. The SMILES string of the molecule is COC1CC(NCC(O)COC(C)C)C1(C)C. The highest BCUT2D eigenvalue weighted by Gasteiger charge is 2.48. The van der Waals surface area contributed by atoms with Gasteiger partial charge in [-0.25, -0.2) is 0 Å². The van der Waals surface area contributed by atoms with Crippen molar-refractivity contribution in [3.63, 3.8) is 0 Å². The Morgan fingerprint density at radius 1 is 1.41 bits per heavy atom. The van der Waals surface area contributed by atoms with Gasteiger partial charge < -0.3 is 19.9 Å². The normalized spacial score (nSPS) is 29.1. The van der Waals surface area contributed by atoms with Crippen LogP contribution in [0.4, 0.5) is 0 Å². The fourth-order valence-electron chi connectivity index (χ4n) is 2.27. The summed E-state index contributed by atoms with van der Waals surface area (Å²) < 4.78 is 10.8. The summed E-state index contributed by atoms with van der Waals surface area (Å²) in [6, 6.07) is 0.418. The Morgan fingerprint density at radius 2 is 2.06 bits per heavy atom. The first-order valence-electron chi connectivity index (χ1n) is 6.43. The molecule has 0 aliphatic heterocycles. The Morgan fingerprint density at radius 3 is 2.53 bits per heavy atom. The van der Waals surface area contributed by atoms with Crippen molar-refractivity contribution in [2.45, 2.75) is 58.5 Å². The van der Waals surface area contributed by atoms with E-state index in [0.717, 1.165) is 6.42 Å². The average Bonchev–Trinajstić information content (AvgIpc) is 2.25. The summed E-state index contributed by atoms with van der Waals surface area (Å²) in [4.78, 5) is 0. The van der Waals surface area contributed by atoms with Crippen LogP contribution < -0.4 is 5.32 Å². The van der Waals surface area contributed by atoms with Crippen LogP contribution in [0.2, 0.25) is 0 Å². The van der Waals surface area contributed by atoms with Crippen molar-refractivity contribution in [1.29, 1.82) is 0 Å². The van der Waals surface area contributed by atoms with Gasteiger partial charge in [-0.3, -0.25) is 0 Å². The lowest BCUT2D eigenvalue weighted by Crippen LogP contribution is -2.61. The second-order valence-corrected chi connectivity index (χ2v) is 5.78. The Balaban J connectivity index is 2.19. The van der Waals surface area contributed by atoms with Crippen LogP contribution in [0.15, 0.2) is 0 Å². The molecule has 0 radical (unpaired) electrons. The van der Waals surface area contributed by atoms with Gasteiger partial charge in [0.15, 0.2) is 0 Å². The van der Waals surface area contributed by atoms with E-state index in [2.05, 4.69) is 19.2 Å². The smallest absolute Gasteiger partial charge is 0.0897 e. The quantitative estimate of drug-likeness (QED) is 0.707. The zero-order chi connectivity index (χ0) is 13.1. The van der Waals surface area contributed by atoms with Crippen LogP contribution in [0.5, 0.6) is 0 Å². The maximum Gasteiger partial charge on any atom is 0.0897 e. The number of aliphatic hydroxyl groups excluding tert-OH is 1. The van der Waals surface area contributed by atoms with Crippen LogP contribution in [-0.4, -0.2) is 49.7 Å². The molecule has 3 atom stereocenters. The third-order valence-electron chi connectivity index (χ3n) is 3.68. The van der Waals surface area contributed by atoms with Gasteiger partial charge in [-0.1, -0.05) is 13.8 Å². The third-order valence-corrected chi connectivity index (χ3v) is 3.68. The van der Waals surface area contributed by atoms with Crippen LogP contribution in [0, 0.1) is 5.41 Å². The molecule has 102 valence electrons. The molecule has 0 aromatic carbocycles. The van der Waals surface area contributed by atoms with Crippen molar-refractivity contribution in [3.05, 3.63) is 0 Å². The fraction of sp³-hybridized carbons (Fsp3) is 1.00. The van der Waals surface area contributed by atoms with E-state index in [-0.39, 0.29) is 11.5 Å². The summed E-state index contributed by atoms with van der Waals surface area (Å²) >= 11 is 0. The number of nitrogens with one attached hydrogen (secondary N) is 1. The molecule has 17 heavy (non-hydrogen) atoms. The van der Waals surface area contributed by atoms with Gasteiger partial charge in [0.1, 0.15) is 0 Å². The minimum atomic E-state index is -0.435. The third kappa shape index (κ3) is 3.91. The largest absolute Gasteiger partial charge is 0.389 e. The highest BCUT2D eigenvalue weighted by atomic mass is 16.5. The first-order valence-corrected chi connectivity index (χ1v) is 6.43. The van der Waals surface area contributed by atoms with Crippen molar-refractivity contribution in [3.8, 4) is 0 Å². The molecule has 0 saturated heterocycles. The Bertz CT molecular complexity index is 231. The maximum atomic E-state index is 9.74. The first-order chi connectivity index (χ1) is 7.87. The number of rotatable bonds is 7. The molecule has 0 amide bonds. The molecule has 0 aromatic heterocycles. The zero-order valence-corrected chi connectivity index (χ0v) is 11.7. The van der Waals surface area contributed by atoms with Crippen molar-refractivity contribution >= 4 is 0 Å². The van der Waals surface area contributed by atoms with E-state index in [4.69, 9.17) is 9.47 Å². The second kappa shape index (κ2) is 6.14. The van der Waals surface area contributed by atoms with Crippen molar-refractivity contribution < 1.29 is 14.6 Å². The topological polar surface area (TPSA) is 50.7 Å². The van der Waals surface area contributed by atoms with Gasteiger partial charge >= 0.3 is 0 Å². The monoisotopic (exact) mass is 245 g/mol. The highest BCUT2D eigenvalue weighted by Crippen LogP contribution is 2.42. The van der Waals surface area contributed by atoms with E-state index in [0.29, 0.717) is 25.3 Å². The van der Waals surface area contributed by atoms with E-state index in [9.17, 15) is 5.11 Å². The van der Waals surface area contributed by atoms with E-state index in [1.165, 1.54) is 0 Å². The van der Waals surface area contributed by atoms with Crippen molar-refractivity contribution in [2.24, 2.45) is 5.41 Å². The molecule has 0 aromatic rings. The fourth-order valence-corrected chi connectivity index (χ4v) is 2.27. The maximum absolute atomic E-state index is 9.74. The summed E-state index contributed by atoms with van der Waals surface area (Å²) in [5.74, 6) is 0. The molecule has 2 N–H and O–H groups in total. The summed E-state index contributed by atoms with van der Waals surface area (Å²) in [6.45, 7) is 9.30. The molecule has 0 heterocycles. The van der Waals surface area contributed by atoms with Gasteiger partial charge in [0.2, 0.25) is 0 Å². The Kier molecular flexibility index (Phi) is 5.38. The summed E-state index contributed by atoms with van der Waals surface area (Å²) in [6.07, 6.45) is 1.07. The van der Waals surface area contributed by atoms with Crippen LogP contribution in [-0.2, 0) is 9.47 Å². The van der Waals surface area contributed by atoms with E-state index < -0.39 is 6.10 Å². The van der Waals surface area contributed by atoms with Gasteiger partial charge in [0.05, 0.1) is 24.9 Å². The van der Waals surface area contributed by atoms with E-state index >= 15 is 0 Å². The molecule has 4 nitrogen and oxygen atoms in total. The lowest BCUT2D eigenvalue weighted by atomic mass is 9.64. The number of aliphatic hydroxyl groups is 1. The molecular formula is C13H27NO3. The minimum Gasteiger partial charge on any atom is -0.389 e. The van der Waals surface area contributed by atoms with Crippen molar-refractivity contribution in [2.75, 3.05) is 20.3 Å². The number of methoxy groups -OCH3 is 1. The molecule has 1 fully saturated rings. The predicted octanol–water partition coefficient (Wildman–Crippen LogP) is 1.18. The second-order valence-electron chi connectivity index (χ2n) is 5.78. The first kappa shape index (κ1) is 14.9. The van der Waals surface area contributed by atoms with E-state index in [1.54, 1.807) is 7.11 Å². The molecule has 1 aliphatic carbocycles. The Hall–Kier alpha value is -0.160. The molecule has 0 spiro atoms.